The van der Waals surface area contributed by atoms with Crippen LogP contribution in [-0.4, -0.2) is 32.2 Å². The third kappa shape index (κ3) is 1.83. The molecule has 0 atom stereocenters. The molecule has 0 spiro atoms. The summed E-state index contributed by atoms with van der Waals surface area (Å²) >= 11 is 5.05. The van der Waals surface area contributed by atoms with Gasteiger partial charge in [-0.3, -0.25) is 14.4 Å². The summed E-state index contributed by atoms with van der Waals surface area (Å²) in [6, 6.07) is 0. The highest BCUT2D eigenvalue weighted by Gasteiger charge is 2.28. The number of carbonyl (C=O) groups is 1. The predicted molar refractivity (Wildman–Crippen MR) is 64.3 cm³/mol. The molecule has 2 heterocycles. The molecule has 0 radical (unpaired) electrons. The quantitative estimate of drug-likeness (QED) is 0.600. The fraction of sp³-hybridized carbons (Fsp3) is 0.300. The lowest BCUT2D eigenvalue weighted by atomic mass is 10.3. The number of thiocarbonyl (C=S) groups is 1. The highest BCUT2D eigenvalue weighted by Crippen LogP contribution is 2.13. The van der Waals surface area contributed by atoms with Crippen molar-refractivity contribution in [2.75, 3.05) is 6.54 Å². The molecule has 0 unspecified atom stereocenters. The molecule has 1 aromatic rings. The molecule has 16 heavy (non-hydrogen) atoms. The van der Waals surface area contributed by atoms with Crippen LogP contribution in [0, 0.1) is 0 Å². The van der Waals surface area contributed by atoms with Crippen molar-refractivity contribution in [3.8, 4) is 0 Å². The van der Waals surface area contributed by atoms with Gasteiger partial charge in [-0.15, -0.1) is 0 Å². The normalized spacial score (nSPS) is 18.4. The van der Waals surface area contributed by atoms with E-state index in [-0.39, 0.29) is 5.91 Å². The van der Waals surface area contributed by atoms with Gasteiger partial charge in [0.15, 0.2) is 5.11 Å². The zero-order valence-corrected chi connectivity index (χ0v) is 9.91. The van der Waals surface area contributed by atoms with Crippen LogP contribution in [0.2, 0.25) is 0 Å². The number of likely N-dealkylation sites (N-methyl/N-ethyl adjacent to an activating group) is 1. The Morgan fingerprint density at radius 3 is 2.88 bits per heavy atom. The summed E-state index contributed by atoms with van der Waals surface area (Å²) in [4.78, 5) is 13.4. The van der Waals surface area contributed by atoms with Crippen LogP contribution in [0.4, 0.5) is 0 Å². The fourth-order valence-corrected chi connectivity index (χ4v) is 1.86. The molecular formula is C10H12N4OS. The second-order valence-electron chi connectivity index (χ2n) is 3.48. The molecule has 1 N–H and O–H groups in total. The van der Waals surface area contributed by atoms with Crippen molar-refractivity contribution in [3.63, 3.8) is 0 Å². The van der Waals surface area contributed by atoms with Crippen molar-refractivity contribution in [2.45, 2.75) is 6.92 Å². The molecule has 0 bridgehead atoms. The van der Waals surface area contributed by atoms with Crippen molar-refractivity contribution in [1.29, 1.82) is 0 Å². The first-order valence-corrected chi connectivity index (χ1v) is 5.36. The van der Waals surface area contributed by atoms with Gasteiger partial charge in [0, 0.05) is 25.4 Å². The van der Waals surface area contributed by atoms with E-state index in [9.17, 15) is 4.79 Å². The summed E-state index contributed by atoms with van der Waals surface area (Å²) < 4.78 is 1.68. The number of aryl methyl sites for hydroxylation is 1. The van der Waals surface area contributed by atoms with Gasteiger partial charge in [-0.1, -0.05) is 0 Å². The first-order chi connectivity index (χ1) is 7.61. The molecule has 1 amide bonds. The Bertz CT molecular complexity index is 477. The van der Waals surface area contributed by atoms with Gasteiger partial charge in [0.1, 0.15) is 5.70 Å². The predicted octanol–water partition coefficient (Wildman–Crippen LogP) is 0.498. The minimum atomic E-state index is -0.0867. The summed E-state index contributed by atoms with van der Waals surface area (Å²) in [5, 5.41) is 7.38. The minimum Gasteiger partial charge on any atom is -0.328 e. The van der Waals surface area contributed by atoms with Crippen molar-refractivity contribution in [3.05, 3.63) is 23.7 Å². The van der Waals surface area contributed by atoms with E-state index >= 15 is 0 Å². The van der Waals surface area contributed by atoms with E-state index in [0.717, 1.165) is 5.56 Å². The van der Waals surface area contributed by atoms with Crippen LogP contribution >= 0.6 is 12.2 Å². The maximum absolute atomic E-state index is 11.8. The van der Waals surface area contributed by atoms with E-state index in [1.807, 2.05) is 20.2 Å². The number of rotatable bonds is 2. The molecule has 0 saturated carbocycles. The molecule has 84 valence electrons. The van der Waals surface area contributed by atoms with E-state index in [1.165, 1.54) is 4.90 Å². The largest absolute Gasteiger partial charge is 0.328 e. The zero-order valence-electron chi connectivity index (χ0n) is 9.10. The van der Waals surface area contributed by atoms with E-state index in [0.29, 0.717) is 17.4 Å². The number of aromatic nitrogens is 2. The number of hydrogen-bond donors (Lipinski definition) is 1. The Balaban J connectivity index is 2.27. The zero-order chi connectivity index (χ0) is 11.7. The SMILES string of the molecule is CCN1C(=O)/C(=C\c2cnn(C)c2)NC1=S. The Hall–Kier alpha value is -1.69. The molecule has 5 nitrogen and oxygen atoms in total. The van der Waals surface area contributed by atoms with E-state index < -0.39 is 0 Å². The number of hydrogen-bond acceptors (Lipinski definition) is 3. The van der Waals surface area contributed by atoms with Crippen LogP contribution in [0.25, 0.3) is 6.08 Å². The number of carbonyl (C=O) groups excluding carboxylic acids is 1. The van der Waals surface area contributed by atoms with Gasteiger partial charge in [0.2, 0.25) is 0 Å². The Labute approximate surface area is 98.7 Å². The van der Waals surface area contributed by atoms with Crippen LogP contribution in [0.5, 0.6) is 0 Å². The maximum atomic E-state index is 11.8. The fourth-order valence-electron chi connectivity index (χ4n) is 1.54. The Kier molecular flexibility index (Phi) is 2.74. The summed E-state index contributed by atoms with van der Waals surface area (Å²) in [7, 11) is 1.83. The Morgan fingerprint density at radius 2 is 2.38 bits per heavy atom. The monoisotopic (exact) mass is 236 g/mol. The molecule has 1 fully saturated rings. The third-order valence-electron chi connectivity index (χ3n) is 2.31. The lowest BCUT2D eigenvalue weighted by Crippen LogP contribution is -2.30. The molecule has 0 aliphatic carbocycles. The molecule has 6 heteroatoms. The number of nitrogens with zero attached hydrogens (tertiary/aromatic N) is 3. The third-order valence-corrected chi connectivity index (χ3v) is 2.64. The molecular weight excluding hydrogens is 224 g/mol. The standard InChI is InChI=1S/C10H12N4OS/c1-3-14-9(15)8(12-10(14)16)4-7-5-11-13(2)6-7/h4-6H,3H2,1-2H3,(H,12,16)/b8-4+. The molecule has 0 aromatic carbocycles. The van der Waals surface area contributed by atoms with E-state index in [2.05, 4.69) is 10.4 Å². The average Bonchev–Trinajstić information content (AvgIpc) is 2.74. The highest BCUT2D eigenvalue weighted by molar-refractivity contribution is 7.80. The second kappa shape index (κ2) is 4.05. The van der Waals surface area contributed by atoms with Crippen LogP contribution < -0.4 is 5.32 Å². The molecule has 1 saturated heterocycles. The van der Waals surface area contributed by atoms with Gasteiger partial charge in [-0.2, -0.15) is 5.10 Å². The van der Waals surface area contributed by atoms with Gasteiger partial charge in [-0.25, -0.2) is 0 Å². The lowest BCUT2D eigenvalue weighted by Gasteiger charge is -2.08. The summed E-state index contributed by atoms with van der Waals surface area (Å²) in [6.07, 6.45) is 5.27. The molecule has 1 aliphatic heterocycles. The summed E-state index contributed by atoms with van der Waals surface area (Å²) in [6.45, 7) is 2.47. The van der Waals surface area contributed by atoms with Gasteiger partial charge in [0.25, 0.3) is 5.91 Å². The van der Waals surface area contributed by atoms with Crippen LogP contribution in [0.1, 0.15) is 12.5 Å². The number of amides is 1. The van der Waals surface area contributed by atoms with E-state index in [4.69, 9.17) is 12.2 Å². The maximum Gasteiger partial charge on any atom is 0.276 e. The molecule has 1 aromatic heterocycles. The Morgan fingerprint density at radius 1 is 1.62 bits per heavy atom. The average molecular weight is 236 g/mol. The van der Waals surface area contributed by atoms with Gasteiger partial charge in [-0.05, 0) is 25.2 Å². The number of nitrogens with one attached hydrogen (secondary N) is 1. The van der Waals surface area contributed by atoms with Crippen LogP contribution in [0.15, 0.2) is 18.1 Å². The topological polar surface area (TPSA) is 50.2 Å². The van der Waals surface area contributed by atoms with Gasteiger partial charge in [0.05, 0.1) is 6.20 Å². The molecule has 2 rings (SSSR count). The minimum absolute atomic E-state index is 0.0867. The first kappa shape index (κ1) is 10.8. The smallest absolute Gasteiger partial charge is 0.276 e. The van der Waals surface area contributed by atoms with Crippen LogP contribution in [-0.2, 0) is 11.8 Å². The van der Waals surface area contributed by atoms with Gasteiger partial charge >= 0.3 is 0 Å². The van der Waals surface area contributed by atoms with Crippen molar-refractivity contribution < 1.29 is 4.79 Å². The molecule has 1 aliphatic rings. The van der Waals surface area contributed by atoms with Crippen LogP contribution in [0.3, 0.4) is 0 Å². The lowest BCUT2D eigenvalue weighted by molar-refractivity contribution is -0.122. The first-order valence-electron chi connectivity index (χ1n) is 4.95. The second-order valence-corrected chi connectivity index (χ2v) is 3.87. The summed E-state index contributed by atoms with van der Waals surface area (Å²) in [5.41, 5.74) is 1.37. The van der Waals surface area contributed by atoms with Crippen molar-refractivity contribution in [1.82, 2.24) is 20.0 Å². The van der Waals surface area contributed by atoms with Gasteiger partial charge < -0.3 is 5.32 Å². The summed E-state index contributed by atoms with van der Waals surface area (Å²) in [5.74, 6) is -0.0867. The highest BCUT2D eigenvalue weighted by atomic mass is 32.1. The van der Waals surface area contributed by atoms with Crippen molar-refractivity contribution in [2.24, 2.45) is 7.05 Å². The van der Waals surface area contributed by atoms with Crippen molar-refractivity contribution >= 4 is 29.3 Å². The van der Waals surface area contributed by atoms with E-state index in [1.54, 1.807) is 17.0 Å².